The van der Waals surface area contributed by atoms with Crippen molar-refractivity contribution in [3.63, 3.8) is 0 Å². The van der Waals surface area contributed by atoms with E-state index in [1.54, 1.807) is 0 Å². The van der Waals surface area contributed by atoms with Gasteiger partial charge in [-0.3, -0.25) is 4.90 Å². The number of fused-ring (bicyclic) bond motifs is 1. The maximum absolute atomic E-state index is 5.81. The first kappa shape index (κ1) is 14.1. The smallest absolute Gasteiger partial charge is 0.0702 e. The summed E-state index contributed by atoms with van der Waals surface area (Å²) in [5.74, 6) is 0. The quantitative estimate of drug-likeness (QED) is 0.912. The Kier molecular flexibility index (Phi) is 4.71. The molecule has 2 aliphatic heterocycles. The second-order valence-electron chi connectivity index (χ2n) is 5.93. The van der Waals surface area contributed by atoms with Crippen LogP contribution in [-0.4, -0.2) is 43.8 Å². The highest BCUT2D eigenvalue weighted by Crippen LogP contribution is 2.24. The van der Waals surface area contributed by atoms with Gasteiger partial charge in [0.15, 0.2) is 0 Å². The van der Waals surface area contributed by atoms with Crippen molar-refractivity contribution >= 4 is 0 Å². The van der Waals surface area contributed by atoms with Crippen molar-refractivity contribution in [1.29, 1.82) is 0 Å². The van der Waals surface area contributed by atoms with Gasteiger partial charge in [0.05, 0.1) is 6.10 Å². The molecule has 3 heteroatoms. The van der Waals surface area contributed by atoms with Gasteiger partial charge in [-0.15, -0.1) is 0 Å². The van der Waals surface area contributed by atoms with Crippen LogP contribution in [0.25, 0.3) is 0 Å². The first-order valence-electron chi connectivity index (χ1n) is 8.02. The zero-order valence-electron chi connectivity index (χ0n) is 12.5. The molecule has 1 aromatic rings. The van der Waals surface area contributed by atoms with Crippen LogP contribution in [0.5, 0.6) is 0 Å². The number of nitrogens with one attached hydrogen (secondary N) is 1. The van der Waals surface area contributed by atoms with Crippen molar-refractivity contribution in [2.24, 2.45) is 0 Å². The maximum Gasteiger partial charge on any atom is 0.0702 e. The highest BCUT2D eigenvalue weighted by Gasteiger charge is 2.25. The summed E-state index contributed by atoms with van der Waals surface area (Å²) in [5.41, 5.74) is 3.02. The van der Waals surface area contributed by atoms with E-state index in [9.17, 15) is 0 Å². The number of hydrogen-bond acceptors (Lipinski definition) is 3. The Balaban J connectivity index is 1.63. The molecule has 2 heterocycles. The van der Waals surface area contributed by atoms with Gasteiger partial charge in [-0.05, 0) is 50.4 Å². The van der Waals surface area contributed by atoms with Crippen molar-refractivity contribution in [3.8, 4) is 0 Å². The fourth-order valence-electron chi connectivity index (χ4n) is 3.56. The van der Waals surface area contributed by atoms with E-state index in [1.165, 1.54) is 30.5 Å². The lowest BCUT2D eigenvalue weighted by atomic mass is 9.93. The summed E-state index contributed by atoms with van der Waals surface area (Å²) in [7, 11) is 0. The summed E-state index contributed by atoms with van der Waals surface area (Å²) in [6, 6.07) is 9.38. The van der Waals surface area contributed by atoms with Gasteiger partial charge in [-0.25, -0.2) is 0 Å². The molecular weight excluding hydrogens is 248 g/mol. The van der Waals surface area contributed by atoms with Crippen LogP contribution in [-0.2, 0) is 11.2 Å². The largest absolute Gasteiger partial charge is 0.377 e. The predicted octanol–water partition coefficient (Wildman–Crippen LogP) is 2.37. The van der Waals surface area contributed by atoms with Crippen LogP contribution in [0.2, 0.25) is 0 Å². The number of rotatable bonds is 4. The van der Waals surface area contributed by atoms with E-state index in [-0.39, 0.29) is 0 Å². The Morgan fingerprint density at radius 1 is 1.35 bits per heavy atom. The Labute approximate surface area is 122 Å². The molecule has 20 heavy (non-hydrogen) atoms. The molecule has 0 amide bonds. The van der Waals surface area contributed by atoms with Crippen molar-refractivity contribution in [2.45, 2.75) is 38.3 Å². The minimum Gasteiger partial charge on any atom is -0.377 e. The van der Waals surface area contributed by atoms with Gasteiger partial charge in [-0.2, -0.15) is 0 Å². The van der Waals surface area contributed by atoms with Gasteiger partial charge in [-0.1, -0.05) is 24.3 Å². The van der Waals surface area contributed by atoms with Crippen molar-refractivity contribution in [3.05, 3.63) is 35.4 Å². The van der Waals surface area contributed by atoms with Crippen LogP contribution in [0, 0.1) is 0 Å². The van der Waals surface area contributed by atoms with Crippen LogP contribution in [0.4, 0.5) is 0 Å². The summed E-state index contributed by atoms with van der Waals surface area (Å²) in [6.45, 7) is 7.45. The summed E-state index contributed by atoms with van der Waals surface area (Å²) in [5, 5.41) is 3.69. The zero-order valence-corrected chi connectivity index (χ0v) is 12.5. The summed E-state index contributed by atoms with van der Waals surface area (Å²) < 4.78 is 5.81. The lowest BCUT2D eigenvalue weighted by molar-refractivity contribution is 0.00331. The van der Waals surface area contributed by atoms with Crippen LogP contribution in [0.15, 0.2) is 24.3 Å². The average molecular weight is 274 g/mol. The molecule has 2 atom stereocenters. The number of hydrogen-bond donors (Lipinski definition) is 1. The normalized spacial score (nSPS) is 27.2. The second-order valence-corrected chi connectivity index (χ2v) is 5.93. The number of likely N-dealkylation sites (tertiary alicyclic amines) is 1. The third kappa shape index (κ3) is 3.22. The standard InChI is InChI=1S/C17H26N2O/c1-2-20-15-7-5-11-19(12-15)13-17-16-8-4-3-6-14(16)9-10-18-17/h3-4,6,8,15,17-18H,2,5,7,9-13H2,1H3. The lowest BCUT2D eigenvalue weighted by Gasteiger charge is -2.36. The van der Waals surface area contributed by atoms with Crippen LogP contribution < -0.4 is 5.32 Å². The minimum absolute atomic E-state index is 0.438. The highest BCUT2D eigenvalue weighted by molar-refractivity contribution is 5.32. The van der Waals surface area contributed by atoms with Gasteiger partial charge in [0.2, 0.25) is 0 Å². The molecule has 2 aliphatic rings. The first-order chi connectivity index (χ1) is 9.86. The topological polar surface area (TPSA) is 24.5 Å². The molecule has 1 fully saturated rings. The number of piperidine rings is 1. The Bertz CT molecular complexity index is 433. The molecule has 0 radical (unpaired) electrons. The fourth-order valence-corrected chi connectivity index (χ4v) is 3.56. The van der Waals surface area contributed by atoms with Gasteiger partial charge in [0.1, 0.15) is 0 Å². The van der Waals surface area contributed by atoms with E-state index in [2.05, 4.69) is 41.4 Å². The zero-order chi connectivity index (χ0) is 13.8. The summed E-state index contributed by atoms with van der Waals surface area (Å²) in [4.78, 5) is 2.57. The molecule has 1 aromatic carbocycles. The molecule has 0 spiro atoms. The maximum atomic E-state index is 5.81. The van der Waals surface area contributed by atoms with Gasteiger partial charge < -0.3 is 10.1 Å². The van der Waals surface area contributed by atoms with Gasteiger partial charge in [0, 0.05) is 25.7 Å². The molecule has 0 saturated carbocycles. The molecule has 0 aromatic heterocycles. The van der Waals surface area contributed by atoms with E-state index >= 15 is 0 Å². The summed E-state index contributed by atoms with van der Waals surface area (Å²) >= 11 is 0. The van der Waals surface area contributed by atoms with E-state index < -0.39 is 0 Å². The molecular formula is C17H26N2O. The van der Waals surface area contributed by atoms with E-state index in [4.69, 9.17) is 4.74 Å². The van der Waals surface area contributed by atoms with Gasteiger partial charge in [0.25, 0.3) is 0 Å². The lowest BCUT2D eigenvalue weighted by Crippen LogP contribution is -2.45. The highest BCUT2D eigenvalue weighted by atomic mass is 16.5. The monoisotopic (exact) mass is 274 g/mol. The average Bonchev–Trinajstić information content (AvgIpc) is 2.48. The molecule has 3 rings (SSSR count). The third-order valence-electron chi connectivity index (χ3n) is 4.52. The molecule has 1 N–H and O–H groups in total. The Hall–Kier alpha value is -0.900. The minimum atomic E-state index is 0.438. The Morgan fingerprint density at radius 3 is 3.15 bits per heavy atom. The van der Waals surface area contributed by atoms with Crippen molar-refractivity contribution < 1.29 is 4.74 Å². The fraction of sp³-hybridized carbons (Fsp3) is 0.647. The second kappa shape index (κ2) is 6.70. The van der Waals surface area contributed by atoms with Crippen molar-refractivity contribution in [2.75, 3.05) is 32.8 Å². The SMILES string of the molecule is CCOC1CCCN(CC2NCCc3ccccc32)C1. The molecule has 2 unspecified atom stereocenters. The molecule has 3 nitrogen and oxygen atoms in total. The first-order valence-corrected chi connectivity index (χ1v) is 8.02. The van der Waals surface area contributed by atoms with Crippen LogP contribution >= 0.6 is 0 Å². The van der Waals surface area contributed by atoms with Crippen LogP contribution in [0.3, 0.4) is 0 Å². The molecule has 110 valence electrons. The third-order valence-corrected chi connectivity index (χ3v) is 4.52. The number of benzene rings is 1. The number of nitrogens with zero attached hydrogens (tertiary/aromatic N) is 1. The predicted molar refractivity (Wildman–Crippen MR) is 82.0 cm³/mol. The molecule has 0 bridgehead atoms. The Morgan fingerprint density at radius 2 is 2.25 bits per heavy atom. The number of ether oxygens (including phenoxy) is 1. The molecule has 0 aliphatic carbocycles. The summed E-state index contributed by atoms with van der Waals surface area (Å²) in [6.07, 6.45) is 4.08. The van der Waals surface area contributed by atoms with E-state index in [0.717, 1.165) is 32.7 Å². The molecule has 1 saturated heterocycles. The van der Waals surface area contributed by atoms with E-state index in [0.29, 0.717) is 12.1 Å². The van der Waals surface area contributed by atoms with Gasteiger partial charge >= 0.3 is 0 Å². The van der Waals surface area contributed by atoms with E-state index in [1.807, 2.05) is 0 Å². The van der Waals surface area contributed by atoms with Crippen LogP contribution in [0.1, 0.15) is 36.9 Å². The van der Waals surface area contributed by atoms with Crippen molar-refractivity contribution in [1.82, 2.24) is 10.2 Å².